The molecule has 2 amide bonds. The second-order valence-corrected chi connectivity index (χ2v) is 8.84. The Bertz CT molecular complexity index is 1070. The van der Waals surface area contributed by atoms with Gasteiger partial charge in [-0.05, 0) is 31.0 Å². The first-order chi connectivity index (χ1) is 15.1. The number of ketones is 1. The number of halogens is 1. The first-order valence-corrected chi connectivity index (χ1v) is 11.4. The largest absolute Gasteiger partial charge is 0.496 e. The van der Waals surface area contributed by atoms with E-state index < -0.39 is 25.2 Å². The number of anilines is 2. The number of carbonyl (C=O) groups is 2. The minimum atomic E-state index is -3.65. The Balaban J connectivity index is 1.64. The summed E-state index contributed by atoms with van der Waals surface area (Å²) in [5.74, 6) is -0.817. The molecule has 0 bridgehead atoms. The van der Waals surface area contributed by atoms with Gasteiger partial charge in [0.15, 0.2) is 0 Å². The molecule has 0 radical (unpaired) electrons. The summed E-state index contributed by atoms with van der Waals surface area (Å²) in [6.45, 7) is 0.740. The smallest absolute Gasteiger partial charge is 0.324 e. The topological polar surface area (TPSA) is 192 Å². The van der Waals surface area contributed by atoms with Crippen molar-refractivity contribution in [2.24, 2.45) is 11.0 Å². The summed E-state index contributed by atoms with van der Waals surface area (Å²) in [6, 6.07) is 2.94. The van der Waals surface area contributed by atoms with Crippen molar-refractivity contribution in [3.8, 4) is 5.75 Å². The molecular formula is C18H24FN8O4P. The number of ether oxygens (including phenoxy) is 1. The fourth-order valence-electron chi connectivity index (χ4n) is 3.27. The molecule has 1 fully saturated rings. The third-order valence-corrected chi connectivity index (χ3v) is 5.40. The molecule has 0 saturated carbocycles. The molecular weight excluding hydrogens is 442 g/mol. The lowest BCUT2D eigenvalue weighted by molar-refractivity contribution is 0.103. The van der Waals surface area contributed by atoms with Crippen molar-refractivity contribution in [2.45, 2.75) is 18.9 Å². The molecule has 0 unspecified atom stereocenters. The standard InChI is InChI=1S/C18H24FN8O4P/c1-31-14-3-2-10(19)8-12(14)15(28)13-9-23-17(25-16(13)20)24-11-4-6-27(7-5-11)18(29)26-32(21,22)30/h2-3,8-9,11H,4-7H2,1H3,(H3,20,23,24,25)(H5,21,22,26,29,30). The maximum atomic E-state index is 13.6. The monoisotopic (exact) mass is 466 g/mol. The number of aromatic nitrogens is 2. The average Bonchev–Trinajstić information content (AvgIpc) is 2.72. The number of likely N-dealkylation sites (tertiary alicyclic amines) is 1. The molecule has 0 aliphatic carbocycles. The second kappa shape index (κ2) is 9.47. The van der Waals surface area contributed by atoms with E-state index in [9.17, 15) is 18.5 Å². The number of urea groups is 1. The maximum absolute atomic E-state index is 13.6. The molecule has 1 aliphatic heterocycles. The molecule has 8 N–H and O–H groups in total. The zero-order chi connectivity index (χ0) is 23.5. The van der Waals surface area contributed by atoms with E-state index in [0.717, 1.165) is 6.07 Å². The van der Waals surface area contributed by atoms with Crippen LogP contribution in [0.3, 0.4) is 0 Å². The number of nitrogens with two attached hydrogens (primary N) is 3. The first kappa shape index (κ1) is 23.4. The van der Waals surface area contributed by atoms with Crippen molar-refractivity contribution >= 4 is 31.2 Å². The van der Waals surface area contributed by atoms with E-state index in [1.807, 2.05) is 0 Å². The van der Waals surface area contributed by atoms with E-state index in [1.165, 1.54) is 30.3 Å². The van der Waals surface area contributed by atoms with Gasteiger partial charge in [-0.25, -0.2) is 14.2 Å². The summed E-state index contributed by atoms with van der Waals surface area (Å²) in [4.78, 5) is 34.5. The number of piperidine rings is 1. The highest BCUT2D eigenvalue weighted by Crippen LogP contribution is 2.25. The Labute approximate surface area is 183 Å². The van der Waals surface area contributed by atoms with Gasteiger partial charge in [0.1, 0.15) is 17.4 Å². The van der Waals surface area contributed by atoms with Crippen molar-refractivity contribution in [2.75, 3.05) is 31.2 Å². The first-order valence-electron chi connectivity index (χ1n) is 9.59. The van der Waals surface area contributed by atoms with Crippen LogP contribution < -0.4 is 31.9 Å². The van der Waals surface area contributed by atoms with Gasteiger partial charge in [0.2, 0.25) is 11.7 Å². The molecule has 12 nitrogen and oxygen atoms in total. The zero-order valence-electron chi connectivity index (χ0n) is 17.2. The van der Waals surface area contributed by atoms with Gasteiger partial charge in [0.05, 0.1) is 18.2 Å². The highest BCUT2D eigenvalue weighted by molar-refractivity contribution is 7.57. The second-order valence-electron chi connectivity index (χ2n) is 7.20. The van der Waals surface area contributed by atoms with E-state index in [0.29, 0.717) is 25.9 Å². The van der Waals surface area contributed by atoms with E-state index >= 15 is 0 Å². The van der Waals surface area contributed by atoms with Gasteiger partial charge in [0, 0.05) is 25.3 Å². The summed E-state index contributed by atoms with van der Waals surface area (Å²) in [7, 11) is -2.28. The van der Waals surface area contributed by atoms with Gasteiger partial charge in [0.25, 0.3) is 0 Å². The van der Waals surface area contributed by atoms with E-state index in [4.69, 9.17) is 21.5 Å². The Kier molecular flexibility index (Phi) is 6.92. The van der Waals surface area contributed by atoms with Crippen LogP contribution in [0.25, 0.3) is 0 Å². The quantitative estimate of drug-likeness (QED) is 0.304. The van der Waals surface area contributed by atoms with Gasteiger partial charge < -0.3 is 20.7 Å². The number of carbonyl (C=O) groups excluding carboxylic acids is 2. The van der Waals surface area contributed by atoms with Gasteiger partial charge in [-0.15, -0.1) is 0 Å². The number of rotatable bonds is 6. The van der Waals surface area contributed by atoms with Gasteiger partial charge in [-0.1, -0.05) is 0 Å². The van der Waals surface area contributed by atoms with E-state index in [-0.39, 0.29) is 34.7 Å². The van der Waals surface area contributed by atoms with Gasteiger partial charge in [-0.2, -0.15) is 4.98 Å². The van der Waals surface area contributed by atoms with Crippen LogP contribution in [0.2, 0.25) is 0 Å². The van der Waals surface area contributed by atoms with Crippen molar-refractivity contribution in [3.63, 3.8) is 0 Å². The van der Waals surface area contributed by atoms with Crippen LogP contribution in [0.15, 0.2) is 24.4 Å². The number of benzene rings is 1. The Morgan fingerprint density at radius 1 is 1.25 bits per heavy atom. The summed E-state index contributed by atoms with van der Waals surface area (Å²) < 4.78 is 30.1. The predicted molar refractivity (Wildman–Crippen MR) is 116 cm³/mol. The molecule has 0 spiro atoms. The fraction of sp³-hybridized carbons (Fsp3) is 0.333. The van der Waals surface area contributed by atoms with Crippen molar-refractivity contribution in [3.05, 3.63) is 41.3 Å². The molecule has 1 aliphatic rings. The third-order valence-electron chi connectivity index (χ3n) is 4.85. The lowest BCUT2D eigenvalue weighted by Crippen LogP contribution is -2.47. The number of amides is 2. The third kappa shape index (κ3) is 5.69. The van der Waals surface area contributed by atoms with Gasteiger partial charge >= 0.3 is 13.6 Å². The molecule has 1 aromatic carbocycles. The Morgan fingerprint density at radius 2 is 1.94 bits per heavy atom. The molecule has 3 rings (SSSR count). The lowest BCUT2D eigenvalue weighted by atomic mass is 10.0. The minimum absolute atomic E-state index is 0.00802. The molecule has 2 aromatic rings. The van der Waals surface area contributed by atoms with E-state index in [1.54, 1.807) is 0 Å². The van der Waals surface area contributed by atoms with Crippen LogP contribution in [0.4, 0.5) is 21.0 Å². The molecule has 1 aromatic heterocycles. The van der Waals surface area contributed by atoms with Crippen molar-refractivity contribution in [1.82, 2.24) is 20.0 Å². The highest BCUT2D eigenvalue weighted by Gasteiger charge is 2.26. The number of methoxy groups -OCH3 is 1. The molecule has 14 heteroatoms. The molecule has 32 heavy (non-hydrogen) atoms. The van der Waals surface area contributed by atoms with Gasteiger partial charge in [-0.3, -0.25) is 25.5 Å². The Morgan fingerprint density at radius 3 is 2.53 bits per heavy atom. The summed E-state index contributed by atoms with van der Waals surface area (Å²) >= 11 is 0. The lowest BCUT2D eigenvalue weighted by Gasteiger charge is -2.32. The number of hydrogen-bond donors (Lipinski definition) is 5. The van der Waals surface area contributed by atoms with Crippen molar-refractivity contribution < 1.29 is 23.3 Å². The summed E-state index contributed by atoms with van der Waals surface area (Å²) in [5.41, 5.74) is 16.3. The van der Waals surface area contributed by atoms with Crippen molar-refractivity contribution in [1.29, 1.82) is 0 Å². The molecule has 2 heterocycles. The normalized spacial score (nSPS) is 14.7. The number of nitrogens with one attached hydrogen (secondary N) is 2. The van der Waals surface area contributed by atoms with Crippen LogP contribution in [-0.2, 0) is 4.57 Å². The van der Waals surface area contributed by atoms with E-state index in [2.05, 4.69) is 20.4 Å². The molecule has 1 saturated heterocycles. The van der Waals surface area contributed by atoms with Crippen LogP contribution in [0.5, 0.6) is 5.75 Å². The Hall–Kier alpha value is -3.28. The number of nitrogens with zero attached hydrogens (tertiary/aromatic N) is 3. The average molecular weight is 466 g/mol. The van der Waals surface area contributed by atoms with Crippen LogP contribution >= 0.6 is 7.59 Å². The fourth-order valence-corrected chi connectivity index (χ4v) is 3.71. The number of nitrogen functional groups attached to an aromatic ring is 1. The highest BCUT2D eigenvalue weighted by atomic mass is 31.2. The molecule has 0 atom stereocenters. The molecule has 172 valence electrons. The maximum Gasteiger partial charge on any atom is 0.324 e. The van der Waals surface area contributed by atoms with Crippen LogP contribution in [-0.4, -0.2) is 52.9 Å². The number of hydrogen-bond acceptors (Lipinski definition) is 8. The zero-order valence-corrected chi connectivity index (χ0v) is 18.1. The van der Waals surface area contributed by atoms with Crippen LogP contribution in [0.1, 0.15) is 28.8 Å². The summed E-state index contributed by atoms with van der Waals surface area (Å²) in [5, 5.41) is 5.18. The minimum Gasteiger partial charge on any atom is -0.496 e. The van der Waals surface area contributed by atoms with Crippen LogP contribution in [0, 0.1) is 5.82 Å². The predicted octanol–water partition coefficient (Wildman–Crippen LogP) is 1.05. The summed E-state index contributed by atoms with van der Waals surface area (Å²) in [6.07, 6.45) is 2.37. The SMILES string of the molecule is COc1ccc(F)cc1C(=O)c1cnc(NC2CCN(C(=O)NP(N)(N)=O)CC2)nc1N.